The maximum absolute atomic E-state index is 13.1. The molecule has 0 radical (unpaired) electrons. The van der Waals surface area contributed by atoms with Crippen molar-refractivity contribution in [3.63, 3.8) is 0 Å². The van der Waals surface area contributed by atoms with Gasteiger partial charge in [-0.3, -0.25) is 0 Å². The zero-order chi connectivity index (χ0) is 23.6. The van der Waals surface area contributed by atoms with Crippen molar-refractivity contribution in [2.24, 2.45) is 0 Å². The first kappa shape index (κ1) is 24.1. The van der Waals surface area contributed by atoms with Crippen molar-refractivity contribution in [2.75, 3.05) is 39.0 Å². The minimum atomic E-state index is -3.49. The Kier molecular flexibility index (Phi) is 7.19. The van der Waals surface area contributed by atoms with Gasteiger partial charge in [0.2, 0.25) is 10.0 Å². The van der Waals surface area contributed by atoms with Crippen LogP contribution in [0.4, 0.5) is 0 Å². The van der Waals surface area contributed by atoms with E-state index in [-0.39, 0.29) is 5.92 Å². The molecule has 5 rings (SSSR count). The molecule has 0 amide bonds. The summed E-state index contributed by atoms with van der Waals surface area (Å²) >= 11 is 3.75. The first-order valence-electron chi connectivity index (χ1n) is 12.0. The van der Waals surface area contributed by atoms with E-state index in [2.05, 4.69) is 46.7 Å². The fraction of sp³-hybridized carbons (Fsp3) is 0.407. The molecule has 1 saturated heterocycles. The molecular formula is C27H32N2O2S3. The van der Waals surface area contributed by atoms with Gasteiger partial charge < -0.3 is 4.90 Å². The average molecular weight is 513 g/mol. The zero-order valence-corrected chi connectivity index (χ0v) is 22.0. The third kappa shape index (κ3) is 4.86. The SMILES string of the molecule is CN(C[C@@H](CCN1CCC2(CC1)CSc1ccccc12)c1cccs1)S(=O)(=O)c1ccccc1. The smallest absolute Gasteiger partial charge is 0.242 e. The summed E-state index contributed by atoms with van der Waals surface area (Å²) in [6.45, 7) is 3.74. The van der Waals surface area contributed by atoms with Gasteiger partial charge in [0, 0.05) is 40.5 Å². The Hall–Kier alpha value is -1.64. The molecule has 2 aliphatic rings. The van der Waals surface area contributed by atoms with E-state index < -0.39 is 10.0 Å². The number of thiophene rings is 1. The lowest BCUT2D eigenvalue weighted by Crippen LogP contribution is -2.43. The normalized spacial score (nSPS) is 18.9. The van der Waals surface area contributed by atoms with Crippen molar-refractivity contribution >= 4 is 33.1 Å². The molecule has 4 nitrogen and oxygen atoms in total. The topological polar surface area (TPSA) is 40.6 Å². The van der Waals surface area contributed by atoms with Crippen LogP contribution in [0.25, 0.3) is 0 Å². The van der Waals surface area contributed by atoms with Crippen LogP contribution < -0.4 is 0 Å². The van der Waals surface area contributed by atoms with Gasteiger partial charge in [-0.1, -0.05) is 42.5 Å². The van der Waals surface area contributed by atoms with E-state index in [0.717, 1.165) is 26.1 Å². The number of likely N-dealkylation sites (N-methyl/N-ethyl adjacent to an activating group) is 1. The lowest BCUT2D eigenvalue weighted by atomic mass is 9.74. The predicted molar refractivity (Wildman–Crippen MR) is 142 cm³/mol. The summed E-state index contributed by atoms with van der Waals surface area (Å²) in [6, 6.07) is 21.9. The molecule has 34 heavy (non-hydrogen) atoms. The van der Waals surface area contributed by atoms with Gasteiger partial charge in [-0.2, -0.15) is 0 Å². The lowest BCUT2D eigenvalue weighted by Gasteiger charge is -2.40. The van der Waals surface area contributed by atoms with Crippen LogP contribution in [0.5, 0.6) is 0 Å². The molecule has 0 bridgehead atoms. The number of rotatable bonds is 8. The van der Waals surface area contributed by atoms with E-state index in [1.807, 2.05) is 17.8 Å². The molecule has 3 aromatic rings. The van der Waals surface area contributed by atoms with E-state index in [4.69, 9.17) is 0 Å². The van der Waals surface area contributed by atoms with E-state index >= 15 is 0 Å². The molecule has 1 spiro atoms. The second-order valence-electron chi connectivity index (χ2n) is 9.51. The summed E-state index contributed by atoms with van der Waals surface area (Å²) in [5.41, 5.74) is 1.90. The Labute approximate surface area is 212 Å². The molecule has 2 aliphatic heterocycles. The Balaban J connectivity index is 1.22. The number of nitrogens with zero attached hydrogens (tertiary/aromatic N) is 2. The van der Waals surface area contributed by atoms with Crippen molar-refractivity contribution in [3.05, 3.63) is 82.6 Å². The van der Waals surface area contributed by atoms with Crippen molar-refractivity contribution < 1.29 is 8.42 Å². The van der Waals surface area contributed by atoms with Crippen molar-refractivity contribution in [1.82, 2.24) is 9.21 Å². The van der Waals surface area contributed by atoms with Gasteiger partial charge in [0.05, 0.1) is 4.90 Å². The molecule has 0 unspecified atom stereocenters. The average Bonchev–Trinajstić information content (AvgIpc) is 3.53. The first-order chi connectivity index (χ1) is 16.5. The largest absolute Gasteiger partial charge is 0.303 e. The fourth-order valence-electron chi connectivity index (χ4n) is 5.31. The predicted octanol–water partition coefficient (Wildman–Crippen LogP) is 5.68. The summed E-state index contributed by atoms with van der Waals surface area (Å²) in [5.74, 6) is 1.40. The molecule has 0 N–H and O–H groups in total. The monoisotopic (exact) mass is 512 g/mol. The third-order valence-electron chi connectivity index (χ3n) is 7.44. The molecule has 2 aromatic carbocycles. The number of hydrogen-bond donors (Lipinski definition) is 0. The van der Waals surface area contributed by atoms with Gasteiger partial charge in [-0.25, -0.2) is 12.7 Å². The van der Waals surface area contributed by atoms with Crippen LogP contribution in [0.2, 0.25) is 0 Å². The number of thioether (sulfide) groups is 1. The van der Waals surface area contributed by atoms with Crippen LogP contribution in [-0.4, -0.2) is 56.6 Å². The maximum atomic E-state index is 13.1. The molecular weight excluding hydrogens is 481 g/mol. The Bertz CT molecular complexity index is 1190. The minimum absolute atomic E-state index is 0.196. The van der Waals surface area contributed by atoms with Gasteiger partial charge >= 0.3 is 0 Å². The second kappa shape index (κ2) is 10.2. The summed E-state index contributed by atoms with van der Waals surface area (Å²) < 4.78 is 27.7. The third-order valence-corrected chi connectivity index (χ3v) is 11.7. The van der Waals surface area contributed by atoms with Crippen LogP contribution in [0.1, 0.15) is 35.6 Å². The quantitative estimate of drug-likeness (QED) is 0.389. The molecule has 1 atom stereocenters. The maximum Gasteiger partial charge on any atom is 0.242 e. The van der Waals surface area contributed by atoms with Crippen LogP contribution in [0.3, 0.4) is 0 Å². The highest BCUT2D eigenvalue weighted by Gasteiger charge is 2.41. The zero-order valence-electron chi connectivity index (χ0n) is 19.6. The molecule has 3 heterocycles. The highest BCUT2D eigenvalue weighted by molar-refractivity contribution is 7.99. The lowest BCUT2D eigenvalue weighted by molar-refractivity contribution is 0.166. The number of fused-ring (bicyclic) bond motifs is 2. The number of benzene rings is 2. The van der Waals surface area contributed by atoms with Crippen LogP contribution in [-0.2, 0) is 15.4 Å². The summed E-state index contributed by atoms with van der Waals surface area (Å²) in [7, 11) is -1.78. The minimum Gasteiger partial charge on any atom is -0.303 e. The van der Waals surface area contributed by atoms with E-state index in [1.165, 1.54) is 32.7 Å². The van der Waals surface area contributed by atoms with Crippen LogP contribution in [0.15, 0.2) is 81.9 Å². The van der Waals surface area contributed by atoms with Crippen molar-refractivity contribution in [2.45, 2.75) is 40.4 Å². The molecule has 7 heteroatoms. The molecule has 0 aliphatic carbocycles. The summed E-state index contributed by atoms with van der Waals surface area (Å²) in [5, 5.41) is 2.09. The Morgan fingerprint density at radius 3 is 2.47 bits per heavy atom. The molecule has 1 aromatic heterocycles. The standard InChI is InChI=1S/C27H32N2O2S3/c1-28(34(30,31)23-8-3-2-4-9-23)20-22(25-12-7-19-32-25)13-16-29-17-14-27(15-18-29)21-33-26-11-6-5-10-24(26)27/h2-12,19,22H,13-18,20-21H2,1H3/t22-/m1/s1. The number of hydrogen-bond acceptors (Lipinski definition) is 5. The molecule has 180 valence electrons. The van der Waals surface area contributed by atoms with E-state index in [9.17, 15) is 8.42 Å². The first-order valence-corrected chi connectivity index (χ1v) is 15.3. The van der Waals surface area contributed by atoms with Crippen LogP contribution in [0, 0.1) is 0 Å². The van der Waals surface area contributed by atoms with Gasteiger partial charge in [0.25, 0.3) is 0 Å². The second-order valence-corrected chi connectivity index (χ2v) is 13.5. The Morgan fingerprint density at radius 2 is 1.74 bits per heavy atom. The fourth-order valence-corrected chi connectivity index (χ4v) is 8.89. The summed E-state index contributed by atoms with van der Waals surface area (Å²) in [4.78, 5) is 5.68. The van der Waals surface area contributed by atoms with Gasteiger partial charge in [-0.15, -0.1) is 23.1 Å². The van der Waals surface area contributed by atoms with Crippen LogP contribution >= 0.6 is 23.1 Å². The summed E-state index contributed by atoms with van der Waals surface area (Å²) in [6.07, 6.45) is 3.39. The van der Waals surface area contributed by atoms with Gasteiger partial charge in [0.1, 0.15) is 0 Å². The molecule has 0 saturated carbocycles. The number of piperidine rings is 1. The van der Waals surface area contributed by atoms with Crippen molar-refractivity contribution in [3.8, 4) is 0 Å². The van der Waals surface area contributed by atoms with Crippen molar-refractivity contribution in [1.29, 1.82) is 0 Å². The Morgan fingerprint density at radius 1 is 1.00 bits per heavy atom. The number of likely N-dealkylation sites (tertiary alicyclic amines) is 1. The highest BCUT2D eigenvalue weighted by atomic mass is 32.2. The van der Waals surface area contributed by atoms with E-state index in [0.29, 0.717) is 16.9 Å². The van der Waals surface area contributed by atoms with Gasteiger partial charge in [-0.05, 0) is 74.1 Å². The highest BCUT2D eigenvalue weighted by Crippen LogP contribution is 2.49. The molecule has 1 fully saturated rings. The van der Waals surface area contributed by atoms with E-state index in [1.54, 1.807) is 48.2 Å². The van der Waals surface area contributed by atoms with Gasteiger partial charge in [0.15, 0.2) is 0 Å². The number of sulfonamides is 1.